The maximum atomic E-state index is 12.5. The molecule has 2 aromatic heterocycles. The van der Waals surface area contributed by atoms with Gasteiger partial charge >= 0.3 is 6.09 Å². The van der Waals surface area contributed by atoms with Crippen LogP contribution in [0, 0.1) is 0 Å². The molecule has 0 radical (unpaired) electrons. The van der Waals surface area contributed by atoms with Crippen molar-refractivity contribution >= 4 is 17.5 Å². The number of nitrogens with zero attached hydrogens (tertiary/aromatic N) is 3. The molecule has 2 aromatic rings. The van der Waals surface area contributed by atoms with E-state index in [1.165, 1.54) is 0 Å². The Morgan fingerprint density at radius 2 is 2.15 bits per heavy atom. The highest BCUT2D eigenvalue weighted by molar-refractivity contribution is 5.86. The summed E-state index contributed by atoms with van der Waals surface area (Å²) >= 11 is 0. The molecule has 0 aliphatic carbocycles. The van der Waals surface area contributed by atoms with E-state index in [4.69, 9.17) is 4.74 Å². The first kappa shape index (κ1) is 19.2. The molecule has 1 saturated heterocycles. The summed E-state index contributed by atoms with van der Waals surface area (Å²) in [5.41, 5.74) is 0.503. The number of rotatable bonds is 5. The highest BCUT2D eigenvalue weighted by Crippen LogP contribution is 2.21. The summed E-state index contributed by atoms with van der Waals surface area (Å²) < 4.78 is 7.47. The van der Waals surface area contributed by atoms with Gasteiger partial charge in [-0.1, -0.05) is 6.07 Å². The van der Waals surface area contributed by atoms with Crippen molar-refractivity contribution < 1.29 is 14.3 Å². The zero-order valence-electron chi connectivity index (χ0n) is 16.3. The highest BCUT2D eigenvalue weighted by atomic mass is 16.6. The average molecular weight is 372 g/mol. The predicted molar refractivity (Wildman–Crippen MR) is 102 cm³/mol. The van der Waals surface area contributed by atoms with Gasteiger partial charge in [0.25, 0.3) is 0 Å². The molecule has 0 saturated carbocycles. The summed E-state index contributed by atoms with van der Waals surface area (Å²) in [6, 6.07) is 5.54. The number of fused-ring (bicyclic) bond motifs is 1. The molecule has 1 atom stereocenters. The van der Waals surface area contributed by atoms with E-state index >= 15 is 0 Å². The fourth-order valence-corrected chi connectivity index (χ4v) is 3.34. The van der Waals surface area contributed by atoms with Crippen LogP contribution in [0.4, 0.5) is 4.79 Å². The van der Waals surface area contributed by atoms with E-state index in [0.717, 1.165) is 30.6 Å². The Bertz CT molecular complexity index is 809. The minimum atomic E-state index is -0.562. The van der Waals surface area contributed by atoms with Crippen LogP contribution in [0.5, 0.6) is 0 Å². The van der Waals surface area contributed by atoms with E-state index in [2.05, 4.69) is 14.7 Å². The molecule has 0 aromatic carbocycles. The number of nitrogens with one attached hydrogen (secondary N) is 1. The molecule has 1 unspecified atom stereocenters. The molecular formula is C20H28N4O3. The van der Waals surface area contributed by atoms with Crippen molar-refractivity contribution in [2.45, 2.75) is 58.1 Å². The van der Waals surface area contributed by atoms with Crippen LogP contribution >= 0.6 is 0 Å². The molecule has 0 bridgehead atoms. The third-order valence-corrected chi connectivity index (χ3v) is 4.58. The summed E-state index contributed by atoms with van der Waals surface area (Å²) in [4.78, 5) is 30.8. The highest BCUT2D eigenvalue weighted by Gasteiger charge is 2.36. The number of hydrogen-bond acceptors (Lipinski definition) is 4. The van der Waals surface area contributed by atoms with E-state index in [-0.39, 0.29) is 5.91 Å². The number of aromatic nitrogens is 2. The number of ether oxygens (including phenoxy) is 1. The van der Waals surface area contributed by atoms with Crippen LogP contribution in [0.1, 0.15) is 45.9 Å². The van der Waals surface area contributed by atoms with Crippen molar-refractivity contribution in [2.75, 3.05) is 13.1 Å². The van der Waals surface area contributed by atoms with Gasteiger partial charge in [-0.15, -0.1) is 0 Å². The third kappa shape index (κ3) is 4.78. The molecule has 146 valence electrons. The SMILES string of the molecule is CC(C)(C)OC(=O)N1CCCC1C(=O)NCCCc1ncc2ccccn12. The van der Waals surface area contributed by atoms with Crippen molar-refractivity contribution in [1.82, 2.24) is 19.6 Å². The summed E-state index contributed by atoms with van der Waals surface area (Å²) in [6.07, 6.45) is 6.49. The van der Waals surface area contributed by atoms with Gasteiger partial charge in [-0.25, -0.2) is 9.78 Å². The van der Waals surface area contributed by atoms with Crippen molar-refractivity contribution in [3.8, 4) is 0 Å². The molecule has 1 aliphatic rings. The van der Waals surface area contributed by atoms with Crippen LogP contribution in [-0.4, -0.2) is 51.0 Å². The van der Waals surface area contributed by atoms with Crippen molar-refractivity contribution in [1.29, 1.82) is 0 Å². The molecule has 1 N–H and O–H groups in total. The van der Waals surface area contributed by atoms with Crippen molar-refractivity contribution in [2.24, 2.45) is 0 Å². The Labute approximate surface area is 159 Å². The fraction of sp³-hybridized carbons (Fsp3) is 0.550. The first-order valence-corrected chi connectivity index (χ1v) is 9.53. The number of pyridine rings is 1. The molecule has 27 heavy (non-hydrogen) atoms. The molecule has 1 aliphatic heterocycles. The molecule has 3 rings (SSSR count). The summed E-state index contributed by atoms with van der Waals surface area (Å²) in [5.74, 6) is 0.877. The number of likely N-dealkylation sites (tertiary alicyclic amines) is 1. The molecule has 7 heteroatoms. The second-order valence-electron chi connectivity index (χ2n) is 7.90. The minimum Gasteiger partial charge on any atom is -0.444 e. The topological polar surface area (TPSA) is 75.9 Å². The number of hydrogen-bond donors (Lipinski definition) is 1. The number of imidazole rings is 1. The summed E-state index contributed by atoms with van der Waals surface area (Å²) in [6.45, 7) is 6.60. The Morgan fingerprint density at radius 1 is 1.33 bits per heavy atom. The van der Waals surface area contributed by atoms with Gasteiger partial charge in [0.05, 0.1) is 11.7 Å². The van der Waals surface area contributed by atoms with Crippen LogP contribution < -0.4 is 5.32 Å². The molecule has 0 spiro atoms. The van der Waals surface area contributed by atoms with E-state index in [0.29, 0.717) is 19.5 Å². The van der Waals surface area contributed by atoms with Crippen molar-refractivity contribution in [3.05, 3.63) is 36.4 Å². The Hall–Kier alpha value is -2.57. The maximum absolute atomic E-state index is 12.5. The Balaban J connectivity index is 1.48. The van der Waals surface area contributed by atoms with Gasteiger partial charge in [-0.2, -0.15) is 0 Å². The molecule has 2 amide bonds. The van der Waals surface area contributed by atoms with Gasteiger partial charge in [-0.3, -0.25) is 9.69 Å². The number of carbonyl (C=O) groups excluding carboxylic acids is 2. The van der Waals surface area contributed by atoms with Gasteiger partial charge in [0.2, 0.25) is 5.91 Å². The fourth-order valence-electron chi connectivity index (χ4n) is 3.34. The zero-order chi connectivity index (χ0) is 19.4. The minimum absolute atomic E-state index is 0.105. The van der Waals surface area contributed by atoms with Gasteiger partial charge in [0.1, 0.15) is 17.5 Å². The summed E-state index contributed by atoms with van der Waals surface area (Å²) in [7, 11) is 0. The lowest BCUT2D eigenvalue weighted by Crippen LogP contribution is -2.47. The third-order valence-electron chi connectivity index (χ3n) is 4.58. The van der Waals surface area contributed by atoms with E-state index < -0.39 is 17.7 Å². The van der Waals surface area contributed by atoms with Gasteiger partial charge < -0.3 is 14.5 Å². The van der Waals surface area contributed by atoms with Crippen LogP contribution in [0.2, 0.25) is 0 Å². The number of carbonyl (C=O) groups is 2. The largest absolute Gasteiger partial charge is 0.444 e. The van der Waals surface area contributed by atoms with Gasteiger partial charge in [0.15, 0.2) is 0 Å². The van der Waals surface area contributed by atoms with E-state index in [9.17, 15) is 9.59 Å². The predicted octanol–water partition coefficient (Wildman–Crippen LogP) is 2.78. The zero-order valence-corrected chi connectivity index (χ0v) is 16.3. The van der Waals surface area contributed by atoms with E-state index in [1.807, 2.05) is 51.4 Å². The second kappa shape index (κ2) is 7.98. The monoisotopic (exact) mass is 372 g/mol. The molecule has 1 fully saturated rings. The number of aryl methyl sites for hydroxylation is 1. The Morgan fingerprint density at radius 3 is 2.93 bits per heavy atom. The second-order valence-corrected chi connectivity index (χ2v) is 7.90. The van der Waals surface area contributed by atoms with Crippen molar-refractivity contribution in [3.63, 3.8) is 0 Å². The maximum Gasteiger partial charge on any atom is 0.410 e. The first-order chi connectivity index (χ1) is 12.8. The average Bonchev–Trinajstić information content (AvgIpc) is 3.24. The van der Waals surface area contributed by atoms with Crippen LogP contribution in [0.15, 0.2) is 30.6 Å². The lowest BCUT2D eigenvalue weighted by atomic mass is 10.2. The molecular weight excluding hydrogens is 344 g/mol. The molecule has 3 heterocycles. The van der Waals surface area contributed by atoms with Gasteiger partial charge in [0, 0.05) is 25.7 Å². The molecule has 7 nitrogen and oxygen atoms in total. The smallest absolute Gasteiger partial charge is 0.410 e. The van der Waals surface area contributed by atoms with E-state index in [1.54, 1.807) is 4.90 Å². The quantitative estimate of drug-likeness (QED) is 0.819. The summed E-state index contributed by atoms with van der Waals surface area (Å²) in [5, 5.41) is 2.96. The lowest BCUT2D eigenvalue weighted by molar-refractivity contribution is -0.125. The first-order valence-electron chi connectivity index (χ1n) is 9.53. The standard InChI is InChI=1S/C20H28N4O3/c1-20(2,3)27-19(26)24-13-7-9-16(24)18(25)21-11-6-10-17-22-14-15-8-4-5-12-23(15)17/h4-5,8,12,14,16H,6-7,9-11,13H2,1-3H3,(H,21,25). The lowest BCUT2D eigenvalue weighted by Gasteiger charge is -2.28. The van der Waals surface area contributed by atoms with Crippen LogP contribution in [-0.2, 0) is 16.0 Å². The number of amides is 2. The van der Waals surface area contributed by atoms with Crippen LogP contribution in [0.3, 0.4) is 0 Å². The van der Waals surface area contributed by atoms with Gasteiger partial charge in [-0.05, 0) is 52.2 Å². The van der Waals surface area contributed by atoms with Crippen LogP contribution in [0.25, 0.3) is 5.52 Å². The normalized spacial score (nSPS) is 17.3. The Kier molecular flexibility index (Phi) is 5.68.